The molecule has 0 aliphatic carbocycles. The van der Waals surface area contributed by atoms with Gasteiger partial charge in [0.05, 0.1) is 18.3 Å². The maximum absolute atomic E-state index is 12.2. The van der Waals surface area contributed by atoms with E-state index in [1.54, 1.807) is 43.5 Å². The van der Waals surface area contributed by atoms with E-state index < -0.39 is 10.5 Å². The Labute approximate surface area is 203 Å². The second-order valence-electron chi connectivity index (χ2n) is 5.61. The summed E-state index contributed by atoms with van der Waals surface area (Å²) in [6.07, 6.45) is 0.432. The van der Waals surface area contributed by atoms with Gasteiger partial charge in [-0.25, -0.2) is 0 Å². The van der Waals surface area contributed by atoms with E-state index in [-0.39, 0.29) is 69.7 Å². The summed E-state index contributed by atoms with van der Waals surface area (Å²) in [5, 5.41) is 2.50. The number of thioether (sulfide) groups is 1. The van der Waals surface area contributed by atoms with Crippen LogP contribution in [0.5, 0.6) is 11.5 Å². The van der Waals surface area contributed by atoms with Crippen molar-refractivity contribution in [2.75, 3.05) is 13.7 Å². The first-order valence-corrected chi connectivity index (χ1v) is 8.78. The molecule has 6 nitrogen and oxygen atoms in total. The molecule has 2 aromatic rings. The third-order valence-electron chi connectivity index (χ3n) is 3.83. The zero-order valence-electron chi connectivity index (χ0n) is 15.0. The fourth-order valence-corrected chi connectivity index (χ4v) is 3.27. The van der Waals surface area contributed by atoms with Crippen molar-refractivity contribution in [1.82, 2.24) is 0 Å². The number of Topliss-reactive ketones (excluding diaryl/α,β-unsaturated/α-hetero) is 1. The van der Waals surface area contributed by atoms with E-state index in [0.717, 1.165) is 17.3 Å². The first-order valence-electron chi connectivity index (χ1n) is 7.90. The fraction of sp³-hybridized carbons (Fsp3) is 0.211. The molecule has 0 aromatic heterocycles. The second kappa shape index (κ2) is 10.4. The predicted molar refractivity (Wildman–Crippen MR) is 98.1 cm³/mol. The molecule has 1 fully saturated rings. The number of hydrogen-bond donors (Lipinski definition) is 0. The van der Waals surface area contributed by atoms with E-state index in [4.69, 9.17) is 9.47 Å². The minimum absolute atomic E-state index is 0. The van der Waals surface area contributed by atoms with Gasteiger partial charge in [0.15, 0.2) is 12.4 Å². The van der Waals surface area contributed by atoms with Crippen molar-refractivity contribution in [2.45, 2.75) is 11.7 Å². The van der Waals surface area contributed by atoms with E-state index in [2.05, 4.69) is 5.32 Å². The molecule has 0 saturated carbocycles. The maximum atomic E-state index is 12.2. The molecule has 3 rings (SSSR count). The molecule has 0 bridgehead atoms. The van der Waals surface area contributed by atoms with Gasteiger partial charge in [-0.2, -0.15) is 0 Å². The number of nitrogens with zero attached hydrogens (tertiary/aromatic N) is 1. The number of imide groups is 1. The molecule has 1 aliphatic heterocycles. The Morgan fingerprint density at radius 3 is 2.48 bits per heavy atom. The number of benzene rings is 2. The maximum Gasteiger partial charge on any atom is 1.00 e. The molecule has 1 heterocycles. The van der Waals surface area contributed by atoms with Crippen molar-refractivity contribution in [2.24, 2.45) is 0 Å². The zero-order valence-corrected chi connectivity index (χ0v) is 18.9. The van der Waals surface area contributed by atoms with Crippen molar-refractivity contribution in [3.8, 4) is 11.5 Å². The number of ketones is 1. The van der Waals surface area contributed by atoms with Crippen molar-refractivity contribution in [1.29, 1.82) is 0 Å². The van der Waals surface area contributed by atoms with Crippen LogP contribution in [-0.2, 0) is 11.2 Å². The molecule has 1 aliphatic rings. The van der Waals surface area contributed by atoms with Crippen LogP contribution < -0.4 is 60.9 Å². The Hall–Kier alpha value is -1.16. The molecule has 1 unspecified atom stereocenters. The Bertz CT molecular complexity index is 840. The Kier molecular flexibility index (Phi) is 8.52. The smallest absolute Gasteiger partial charge is 0.585 e. The summed E-state index contributed by atoms with van der Waals surface area (Å²) in [5.74, 6) is 0.631. The van der Waals surface area contributed by atoms with Gasteiger partial charge in [0, 0.05) is 5.56 Å². The Morgan fingerprint density at radius 1 is 1.11 bits per heavy atom. The van der Waals surface area contributed by atoms with Crippen LogP contribution in [0.15, 0.2) is 48.5 Å². The van der Waals surface area contributed by atoms with Gasteiger partial charge in [-0.3, -0.25) is 4.79 Å². The first-order chi connectivity index (χ1) is 12.5. The third-order valence-corrected chi connectivity index (χ3v) is 4.77. The summed E-state index contributed by atoms with van der Waals surface area (Å²) in [6, 6.07) is 14.0. The van der Waals surface area contributed by atoms with E-state index in [1.165, 1.54) is 0 Å². The molecule has 0 spiro atoms. The average molecular weight is 410 g/mol. The Morgan fingerprint density at radius 2 is 1.85 bits per heavy atom. The molecular formula is C19H16KNO5S. The number of amides is 2. The molecule has 2 amide bonds. The third kappa shape index (κ3) is 6.16. The molecule has 8 heteroatoms. The van der Waals surface area contributed by atoms with Gasteiger partial charge >= 0.3 is 51.4 Å². The Balaban J connectivity index is 0.00000261. The molecule has 1 saturated heterocycles. The van der Waals surface area contributed by atoms with E-state index in [0.29, 0.717) is 23.5 Å². The van der Waals surface area contributed by atoms with Crippen LogP contribution in [0.3, 0.4) is 0 Å². The largest absolute Gasteiger partial charge is 1.00 e. The van der Waals surface area contributed by atoms with Gasteiger partial charge in [-0.05, 0) is 36.2 Å². The molecular weight excluding hydrogens is 393 g/mol. The number of hydrogen-bond acceptors (Lipinski definition) is 6. The molecule has 27 heavy (non-hydrogen) atoms. The first kappa shape index (κ1) is 22.1. The number of carbonyl (C=O) groups excluding carboxylic acids is 3. The minimum atomic E-state index is -0.455. The van der Waals surface area contributed by atoms with Gasteiger partial charge in [-0.1, -0.05) is 36.0 Å². The van der Waals surface area contributed by atoms with Crippen molar-refractivity contribution >= 4 is 28.7 Å². The van der Waals surface area contributed by atoms with Crippen molar-refractivity contribution in [3.63, 3.8) is 0 Å². The summed E-state index contributed by atoms with van der Waals surface area (Å²) in [4.78, 5) is 34.9. The van der Waals surface area contributed by atoms with Crippen LogP contribution in [-0.4, -0.2) is 35.9 Å². The predicted octanol–water partition coefficient (Wildman–Crippen LogP) is 0.639. The number of rotatable bonds is 7. The van der Waals surface area contributed by atoms with Gasteiger partial charge in [0.2, 0.25) is 0 Å². The monoisotopic (exact) mass is 409 g/mol. The van der Waals surface area contributed by atoms with Crippen LogP contribution in [0.2, 0.25) is 0 Å². The van der Waals surface area contributed by atoms with E-state index in [9.17, 15) is 14.4 Å². The molecule has 1 atom stereocenters. The molecule has 134 valence electrons. The van der Waals surface area contributed by atoms with Gasteiger partial charge in [0.1, 0.15) is 16.7 Å². The summed E-state index contributed by atoms with van der Waals surface area (Å²) in [5.41, 5.74) is 1.42. The molecule has 2 aromatic carbocycles. The van der Waals surface area contributed by atoms with E-state index in [1.807, 2.05) is 12.1 Å². The summed E-state index contributed by atoms with van der Waals surface area (Å²) < 4.78 is 10.6. The standard InChI is InChI=1S/C19H17NO5S.K/c1-24-15-4-2-3-13(10-15)16(21)11-25-14-7-5-12(6-8-14)9-17-18(22)20-19(23)26-17;/h2-8,10,17H,9,11H2,1H3,(H,20,22,23);/q;+1/p-1. The van der Waals surface area contributed by atoms with Crippen molar-refractivity contribution < 1.29 is 75.2 Å². The van der Waals surface area contributed by atoms with Crippen LogP contribution >= 0.6 is 11.8 Å². The topological polar surface area (TPSA) is 83.8 Å². The zero-order chi connectivity index (χ0) is 18.5. The summed E-state index contributed by atoms with van der Waals surface area (Å²) in [6.45, 7) is -0.0864. The SMILES string of the molecule is COc1cccc(C(=O)COc2ccc(CC3SC(=O)[N-]C3=O)cc2)c1.[K+]. The van der Waals surface area contributed by atoms with Crippen LogP contribution in [0.1, 0.15) is 15.9 Å². The van der Waals surface area contributed by atoms with E-state index >= 15 is 0 Å². The summed E-state index contributed by atoms with van der Waals surface area (Å²) in [7, 11) is 1.54. The average Bonchev–Trinajstić information content (AvgIpc) is 2.97. The number of ether oxygens (including phenoxy) is 2. The summed E-state index contributed by atoms with van der Waals surface area (Å²) >= 11 is 0.946. The van der Waals surface area contributed by atoms with Crippen LogP contribution in [0.4, 0.5) is 4.79 Å². The minimum Gasteiger partial charge on any atom is -0.585 e. The van der Waals surface area contributed by atoms with Gasteiger partial charge in [0.25, 0.3) is 0 Å². The fourth-order valence-electron chi connectivity index (χ4n) is 2.45. The van der Waals surface area contributed by atoms with Crippen LogP contribution in [0.25, 0.3) is 5.32 Å². The molecule has 0 N–H and O–H groups in total. The normalized spacial score (nSPS) is 15.7. The van der Waals surface area contributed by atoms with Gasteiger partial charge in [-0.15, -0.1) is 0 Å². The van der Waals surface area contributed by atoms with Crippen LogP contribution in [0, 0.1) is 0 Å². The van der Waals surface area contributed by atoms with Gasteiger partial charge < -0.3 is 24.4 Å². The number of carbonyl (C=O) groups is 3. The quantitative estimate of drug-likeness (QED) is 0.493. The molecule has 0 radical (unpaired) electrons. The van der Waals surface area contributed by atoms with Crippen molar-refractivity contribution in [3.05, 3.63) is 65.0 Å². The second-order valence-corrected chi connectivity index (χ2v) is 6.77. The number of methoxy groups -OCH3 is 1.